The molecule has 1 aliphatic heterocycles. The molecule has 0 spiro atoms. The van der Waals surface area contributed by atoms with Crippen LogP contribution >= 0.6 is 0 Å². The van der Waals surface area contributed by atoms with Crippen LogP contribution in [-0.4, -0.2) is 25.2 Å². The number of hydrogen-bond acceptors (Lipinski definition) is 3. The van der Waals surface area contributed by atoms with E-state index in [2.05, 4.69) is 0 Å². The summed E-state index contributed by atoms with van der Waals surface area (Å²) in [5.41, 5.74) is 0. The smallest absolute Gasteiger partial charge is 0.269 e. The van der Waals surface area contributed by atoms with Gasteiger partial charge in [-0.15, -0.1) is 0 Å². The normalized spacial score (nSPS) is 17.6. The molecule has 1 aliphatic rings. The van der Waals surface area contributed by atoms with E-state index in [0.717, 1.165) is 16.8 Å². The van der Waals surface area contributed by atoms with E-state index < -0.39 is 26.6 Å². The predicted molar refractivity (Wildman–Crippen MR) is 63.8 cm³/mol. The van der Waals surface area contributed by atoms with Crippen molar-refractivity contribution in [3.05, 3.63) is 30.1 Å². The van der Waals surface area contributed by atoms with Crippen molar-refractivity contribution in [2.24, 2.45) is 0 Å². The van der Waals surface area contributed by atoms with Gasteiger partial charge in [-0.1, -0.05) is 18.6 Å². The summed E-state index contributed by atoms with van der Waals surface area (Å²) in [7, 11) is -4.06. The van der Waals surface area contributed by atoms with Crippen molar-refractivity contribution in [1.29, 1.82) is 0 Å². The lowest BCUT2D eigenvalue weighted by Gasteiger charge is -2.20. The first-order valence-electron chi connectivity index (χ1n) is 5.83. The van der Waals surface area contributed by atoms with E-state index in [1.807, 2.05) is 0 Å². The van der Waals surface area contributed by atoms with Crippen LogP contribution in [0.1, 0.15) is 25.7 Å². The van der Waals surface area contributed by atoms with E-state index in [1.165, 1.54) is 18.2 Å². The number of amides is 1. The lowest BCUT2D eigenvalue weighted by Crippen LogP contribution is -2.36. The second-order valence-corrected chi connectivity index (χ2v) is 6.04. The first-order valence-corrected chi connectivity index (χ1v) is 7.27. The molecular formula is C12H14FNO3S. The maximum Gasteiger partial charge on any atom is 0.269 e. The molecular weight excluding hydrogens is 257 g/mol. The van der Waals surface area contributed by atoms with Crippen LogP contribution in [0, 0.1) is 5.82 Å². The minimum absolute atomic E-state index is 0.134. The standard InChI is InChI=1S/C12H14FNO3S/c13-10-6-3-4-7-11(10)18(16,17)14-9-5-1-2-8-12(14)15/h3-4,6-7H,1-2,5,8-9H2. The van der Waals surface area contributed by atoms with Crippen molar-refractivity contribution in [2.45, 2.75) is 30.6 Å². The summed E-state index contributed by atoms with van der Waals surface area (Å²) in [6.45, 7) is 0.134. The molecule has 1 aromatic rings. The van der Waals surface area contributed by atoms with Crippen LogP contribution in [0.2, 0.25) is 0 Å². The minimum atomic E-state index is -4.06. The van der Waals surface area contributed by atoms with Crippen molar-refractivity contribution in [3.8, 4) is 0 Å². The highest BCUT2D eigenvalue weighted by molar-refractivity contribution is 7.89. The molecule has 0 unspecified atom stereocenters. The molecule has 1 amide bonds. The SMILES string of the molecule is O=C1CCCCCN1S(=O)(=O)c1ccccc1F. The van der Waals surface area contributed by atoms with Crippen LogP contribution in [0.3, 0.4) is 0 Å². The second-order valence-electron chi connectivity index (χ2n) is 4.21. The van der Waals surface area contributed by atoms with Crippen molar-refractivity contribution in [3.63, 3.8) is 0 Å². The molecule has 0 N–H and O–H groups in total. The summed E-state index contributed by atoms with van der Waals surface area (Å²) in [4.78, 5) is 11.3. The van der Waals surface area contributed by atoms with Crippen LogP contribution in [0.25, 0.3) is 0 Å². The van der Waals surface area contributed by atoms with E-state index >= 15 is 0 Å². The number of carbonyl (C=O) groups is 1. The van der Waals surface area contributed by atoms with Gasteiger partial charge in [-0.25, -0.2) is 17.1 Å². The van der Waals surface area contributed by atoms with Gasteiger partial charge < -0.3 is 0 Å². The van der Waals surface area contributed by atoms with Crippen molar-refractivity contribution >= 4 is 15.9 Å². The van der Waals surface area contributed by atoms with Crippen molar-refractivity contribution in [2.75, 3.05) is 6.54 Å². The summed E-state index contributed by atoms with van der Waals surface area (Å²) in [6.07, 6.45) is 2.32. The minimum Gasteiger partial charge on any atom is -0.274 e. The van der Waals surface area contributed by atoms with E-state index in [4.69, 9.17) is 0 Å². The maximum atomic E-state index is 13.6. The summed E-state index contributed by atoms with van der Waals surface area (Å²) in [6, 6.07) is 5.12. The van der Waals surface area contributed by atoms with Gasteiger partial charge in [-0.2, -0.15) is 0 Å². The fraction of sp³-hybridized carbons (Fsp3) is 0.417. The van der Waals surface area contributed by atoms with Gasteiger partial charge in [0.15, 0.2) is 0 Å². The Bertz CT molecular complexity index is 556. The Morgan fingerprint density at radius 2 is 1.83 bits per heavy atom. The third-order valence-corrected chi connectivity index (χ3v) is 4.79. The van der Waals surface area contributed by atoms with Gasteiger partial charge in [0, 0.05) is 13.0 Å². The molecule has 0 bridgehead atoms. The molecule has 1 fully saturated rings. The number of halogens is 1. The average Bonchev–Trinajstić information content (AvgIpc) is 2.54. The third kappa shape index (κ3) is 2.38. The van der Waals surface area contributed by atoms with Gasteiger partial charge in [0.1, 0.15) is 10.7 Å². The lowest BCUT2D eigenvalue weighted by atomic mass is 10.2. The molecule has 0 atom stereocenters. The molecule has 6 heteroatoms. The van der Waals surface area contributed by atoms with Gasteiger partial charge in [-0.3, -0.25) is 4.79 Å². The summed E-state index contributed by atoms with van der Waals surface area (Å²) >= 11 is 0. The Kier molecular flexibility index (Phi) is 3.65. The zero-order valence-corrected chi connectivity index (χ0v) is 10.6. The zero-order valence-electron chi connectivity index (χ0n) is 9.80. The fourth-order valence-corrected chi connectivity index (χ4v) is 3.52. The molecule has 0 radical (unpaired) electrons. The Hall–Kier alpha value is -1.43. The van der Waals surface area contributed by atoms with Gasteiger partial charge in [0.25, 0.3) is 10.0 Å². The highest BCUT2D eigenvalue weighted by atomic mass is 32.2. The van der Waals surface area contributed by atoms with Crippen LogP contribution in [0.4, 0.5) is 4.39 Å². The van der Waals surface area contributed by atoms with E-state index in [1.54, 1.807) is 0 Å². The monoisotopic (exact) mass is 271 g/mol. The number of nitrogens with zero attached hydrogens (tertiary/aromatic N) is 1. The largest absolute Gasteiger partial charge is 0.274 e. The lowest BCUT2D eigenvalue weighted by molar-refractivity contribution is -0.126. The zero-order chi connectivity index (χ0) is 13.2. The van der Waals surface area contributed by atoms with Crippen LogP contribution in [-0.2, 0) is 14.8 Å². The molecule has 18 heavy (non-hydrogen) atoms. The number of benzene rings is 1. The van der Waals surface area contributed by atoms with Gasteiger partial charge >= 0.3 is 0 Å². The molecule has 1 aromatic carbocycles. The fourth-order valence-electron chi connectivity index (χ4n) is 1.98. The topological polar surface area (TPSA) is 54.5 Å². The summed E-state index contributed by atoms with van der Waals surface area (Å²) in [5.74, 6) is -1.27. The highest BCUT2D eigenvalue weighted by Crippen LogP contribution is 2.22. The predicted octanol–water partition coefficient (Wildman–Crippen LogP) is 1.92. The van der Waals surface area contributed by atoms with E-state index in [0.29, 0.717) is 12.8 Å². The maximum absolute atomic E-state index is 13.6. The second kappa shape index (κ2) is 5.06. The Balaban J connectivity index is 2.42. The first-order chi connectivity index (χ1) is 8.53. The Labute approximate surface area is 105 Å². The van der Waals surface area contributed by atoms with Gasteiger partial charge in [0.05, 0.1) is 0 Å². The molecule has 2 rings (SSSR count). The quantitative estimate of drug-likeness (QED) is 0.825. The molecule has 1 heterocycles. The Morgan fingerprint density at radius 1 is 1.11 bits per heavy atom. The number of hydrogen-bond donors (Lipinski definition) is 0. The highest BCUT2D eigenvalue weighted by Gasteiger charge is 2.31. The summed E-state index contributed by atoms with van der Waals surface area (Å²) < 4.78 is 38.8. The average molecular weight is 271 g/mol. The number of carbonyl (C=O) groups excluding carboxylic acids is 1. The molecule has 0 aliphatic carbocycles. The molecule has 1 saturated heterocycles. The number of sulfonamides is 1. The molecule has 0 aromatic heterocycles. The third-order valence-electron chi connectivity index (χ3n) is 2.93. The van der Waals surface area contributed by atoms with Crippen LogP contribution in [0.15, 0.2) is 29.2 Å². The van der Waals surface area contributed by atoms with Gasteiger partial charge in [0.2, 0.25) is 5.91 Å². The van der Waals surface area contributed by atoms with Crippen molar-refractivity contribution < 1.29 is 17.6 Å². The van der Waals surface area contributed by atoms with E-state index in [9.17, 15) is 17.6 Å². The van der Waals surface area contributed by atoms with Crippen LogP contribution < -0.4 is 0 Å². The molecule has 0 saturated carbocycles. The van der Waals surface area contributed by atoms with E-state index in [-0.39, 0.29) is 13.0 Å². The Morgan fingerprint density at radius 3 is 2.56 bits per heavy atom. The first kappa shape index (κ1) is 13.0. The van der Waals surface area contributed by atoms with Crippen LogP contribution in [0.5, 0.6) is 0 Å². The van der Waals surface area contributed by atoms with Gasteiger partial charge in [-0.05, 0) is 25.0 Å². The van der Waals surface area contributed by atoms with Crippen molar-refractivity contribution in [1.82, 2.24) is 4.31 Å². The molecule has 98 valence electrons. The molecule has 4 nitrogen and oxygen atoms in total. The summed E-state index contributed by atoms with van der Waals surface area (Å²) in [5, 5.41) is 0. The number of rotatable bonds is 2.